The molecule has 0 bridgehead atoms. The first-order valence-electron chi connectivity index (χ1n) is 3.81. The summed E-state index contributed by atoms with van der Waals surface area (Å²) in [5, 5.41) is 10.9. The molecule has 1 aromatic carbocycles. The largest absolute Gasteiger partial charge is 0.299 e. The highest BCUT2D eigenvalue weighted by Gasteiger charge is 2.14. The molecule has 1 rings (SSSR count). The van der Waals surface area contributed by atoms with Crippen LogP contribution < -0.4 is 0 Å². The fourth-order valence-electron chi connectivity index (χ4n) is 0.986. The van der Waals surface area contributed by atoms with E-state index in [9.17, 15) is 14.9 Å². The lowest BCUT2D eigenvalue weighted by Gasteiger charge is -2.00. The zero-order valence-corrected chi connectivity index (χ0v) is 8.83. The van der Waals surface area contributed by atoms with Gasteiger partial charge in [0, 0.05) is 6.07 Å². The number of rotatable bonds is 3. The molecule has 0 N–H and O–H groups in total. The summed E-state index contributed by atoms with van der Waals surface area (Å²) < 4.78 is 0. The summed E-state index contributed by atoms with van der Waals surface area (Å²) in [6, 6.07) is 2.48. The quantitative estimate of drug-likeness (QED) is 0.356. The van der Waals surface area contributed by atoms with Crippen molar-refractivity contribution in [3.8, 4) is 0 Å². The molecule has 0 heterocycles. The molecule has 15 heavy (non-hydrogen) atoms. The van der Waals surface area contributed by atoms with Crippen LogP contribution in [0.3, 0.4) is 0 Å². The minimum atomic E-state index is -0.591. The van der Waals surface area contributed by atoms with Crippen LogP contribution in [0.5, 0.6) is 0 Å². The van der Waals surface area contributed by atoms with E-state index in [1.807, 2.05) is 0 Å². The first-order chi connectivity index (χ1) is 7.06. The van der Waals surface area contributed by atoms with Gasteiger partial charge in [-0.25, -0.2) is 0 Å². The Morgan fingerprint density at radius 1 is 1.27 bits per heavy atom. The van der Waals surface area contributed by atoms with Gasteiger partial charge in [0.15, 0.2) is 0 Å². The standard InChI is InChI=1S/C9H5Cl2NO3/c10-7-4-6(2-1-3-13)9(12(14)15)5-8(7)11/h1-5H. The first-order valence-corrected chi connectivity index (χ1v) is 4.57. The topological polar surface area (TPSA) is 60.2 Å². The molecular formula is C9H5Cl2NO3. The summed E-state index contributed by atoms with van der Waals surface area (Å²) >= 11 is 11.3. The predicted octanol–water partition coefficient (Wildman–Crippen LogP) is 3.11. The van der Waals surface area contributed by atoms with Crippen molar-refractivity contribution in [3.63, 3.8) is 0 Å². The van der Waals surface area contributed by atoms with Crippen LogP contribution in [0.25, 0.3) is 6.08 Å². The van der Waals surface area contributed by atoms with E-state index in [0.717, 1.165) is 12.1 Å². The highest BCUT2D eigenvalue weighted by atomic mass is 35.5. The Labute approximate surface area is 95.3 Å². The number of hydrogen-bond acceptors (Lipinski definition) is 3. The van der Waals surface area contributed by atoms with Crippen LogP contribution >= 0.6 is 23.2 Å². The first kappa shape index (κ1) is 11.7. The van der Waals surface area contributed by atoms with Gasteiger partial charge in [0.05, 0.1) is 20.5 Å². The third kappa shape index (κ3) is 2.78. The molecule has 0 unspecified atom stereocenters. The van der Waals surface area contributed by atoms with Gasteiger partial charge >= 0.3 is 0 Å². The zero-order chi connectivity index (χ0) is 11.4. The van der Waals surface area contributed by atoms with Crippen LogP contribution in [0.2, 0.25) is 10.0 Å². The van der Waals surface area contributed by atoms with Gasteiger partial charge in [0.1, 0.15) is 6.29 Å². The van der Waals surface area contributed by atoms with Crippen molar-refractivity contribution in [2.75, 3.05) is 0 Å². The lowest BCUT2D eigenvalue weighted by molar-refractivity contribution is -0.385. The Morgan fingerprint density at radius 3 is 2.40 bits per heavy atom. The number of carbonyl (C=O) groups excluding carboxylic acids is 1. The molecule has 0 fully saturated rings. The lowest BCUT2D eigenvalue weighted by Crippen LogP contribution is -1.91. The molecule has 0 atom stereocenters. The van der Waals surface area contributed by atoms with Crippen molar-refractivity contribution in [1.29, 1.82) is 0 Å². The molecule has 78 valence electrons. The second-order valence-electron chi connectivity index (χ2n) is 2.58. The second-order valence-corrected chi connectivity index (χ2v) is 3.39. The minimum absolute atomic E-state index is 0.103. The van der Waals surface area contributed by atoms with Crippen molar-refractivity contribution in [2.24, 2.45) is 0 Å². The average Bonchev–Trinajstić information content (AvgIpc) is 2.19. The minimum Gasteiger partial charge on any atom is -0.299 e. The van der Waals surface area contributed by atoms with Crippen LogP contribution in [-0.4, -0.2) is 11.2 Å². The van der Waals surface area contributed by atoms with E-state index >= 15 is 0 Å². The van der Waals surface area contributed by atoms with E-state index in [1.54, 1.807) is 0 Å². The fourth-order valence-corrected chi connectivity index (χ4v) is 1.32. The molecule has 0 saturated heterocycles. The number of benzene rings is 1. The van der Waals surface area contributed by atoms with E-state index in [2.05, 4.69) is 0 Å². The van der Waals surface area contributed by atoms with Crippen LogP contribution in [-0.2, 0) is 4.79 Å². The molecule has 0 aliphatic carbocycles. The predicted molar refractivity (Wildman–Crippen MR) is 58.2 cm³/mol. The summed E-state index contributed by atoms with van der Waals surface area (Å²) in [4.78, 5) is 20.1. The summed E-state index contributed by atoms with van der Waals surface area (Å²) in [6.45, 7) is 0. The highest BCUT2D eigenvalue weighted by molar-refractivity contribution is 6.42. The average molecular weight is 246 g/mol. The van der Waals surface area contributed by atoms with Gasteiger partial charge < -0.3 is 0 Å². The van der Waals surface area contributed by atoms with E-state index in [1.165, 1.54) is 12.1 Å². The number of halogens is 2. The summed E-state index contributed by atoms with van der Waals surface area (Å²) in [6.07, 6.45) is 2.96. The molecule has 0 spiro atoms. The second kappa shape index (κ2) is 4.91. The van der Waals surface area contributed by atoms with Crippen molar-refractivity contribution >= 4 is 41.3 Å². The number of aldehydes is 1. The monoisotopic (exact) mass is 245 g/mol. The molecule has 0 aliphatic heterocycles. The molecule has 0 radical (unpaired) electrons. The number of nitro groups is 1. The van der Waals surface area contributed by atoms with Gasteiger partial charge in [-0.1, -0.05) is 23.2 Å². The highest BCUT2D eigenvalue weighted by Crippen LogP contribution is 2.31. The third-order valence-electron chi connectivity index (χ3n) is 1.62. The van der Waals surface area contributed by atoms with Gasteiger partial charge in [-0.3, -0.25) is 14.9 Å². The van der Waals surface area contributed by atoms with E-state index in [4.69, 9.17) is 23.2 Å². The smallest absolute Gasteiger partial charge is 0.278 e. The van der Waals surface area contributed by atoms with Crippen LogP contribution in [0, 0.1) is 10.1 Å². The Bertz CT molecular complexity index is 443. The molecule has 6 heteroatoms. The Hall–Kier alpha value is -1.39. The SMILES string of the molecule is O=CC=Cc1cc(Cl)c(Cl)cc1[N+](=O)[O-]. The van der Waals surface area contributed by atoms with E-state index in [0.29, 0.717) is 6.29 Å². The maximum absolute atomic E-state index is 10.6. The number of hydrogen-bond donors (Lipinski definition) is 0. The van der Waals surface area contributed by atoms with Crippen molar-refractivity contribution < 1.29 is 9.72 Å². The maximum Gasteiger partial charge on any atom is 0.278 e. The van der Waals surface area contributed by atoms with E-state index in [-0.39, 0.29) is 21.3 Å². The normalized spacial score (nSPS) is 10.5. The maximum atomic E-state index is 10.6. The van der Waals surface area contributed by atoms with Gasteiger partial charge in [-0.15, -0.1) is 0 Å². The summed E-state index contributed by atoms with van der Waals surface area (Å²) in [7, 11) is 0. The molecule has 4 nitrogen and oxygen atoms in total. The number of carbonyl (C=O) groups is 1. The number of allylic oxidation sites excluding steroid dienone is 1. The number of nitrogens with zero attached hydrogens (tertiary/aromatic N) is 1. The molecule has 0 aromatic heterocycles. The van der Waals surface area contributed by atoms with Crippen molar-refractivity contribution in [2.45, 2.75) is 0 Å². The van der Waals surface area contributed by atoms with Crippen molar-refractivity contribution in [1.82, 2.24) is 0 Å². The summed E-state index contributed by atoms with van der Waals surface area (Å²) in [5.74, 6) is 0. The van der Waals surface area contributed by atoms with Crippen LogP contribution in [0.4, 0.5) is 5.69 Å². The van der Waals surface area contributed by atoms with Crippen LogP contribution in [0.15, 0.2) is 18.2 Å². The summed E-state index contributed by atoms with van der Waals surface area (Å²) in [5.41, 5.74) is 0.0454. The van der Waals surface area contributed by atoms with Crippen LogP contribution in [0.1, 0.15) is 5.56 Å². The van der Waals surface area contributed by atoms with Gasteiger partial charge in [0.25, 0.3) is 5.69 Å². The molecular weight excluding hydrogens is 241 g/mol. The van der Waals surface area contributed by atoms with E-state index < -0.39 is 4.92 Å². The van der Waals surface area contributed by atoms with Gasteiger partial charge in [-0.05, 0) is 18.2 Å². The lowest BCUT2D eigenvalue weighted by atomic mass is 10.1. The van der Waals surface area contributed by atoms with Gasteiger partial charge in [-0.2, -0.15) is 0 Å². The fraction of sp³-hybridized carbons (Fsp3) is 0. The molecule has 0 amide bonds. The Kier molecular flexibility index (Phi) is 3.82. The third-order valence-corrected chi connectivity index (χ3v) is 2.34. The molecule has 0 saturated carbocycles. The van der Waals surface area contributed by atoms with Crippen molar-refractivity contribution in [3.05, 3.63) is 43.9 Å². The Balaban J connectivity index is 3.34. The molecule has 0 aliphatic rings. The Morgan fingerprint density at radius 2 is 1.87 bits per heavy atom. The number of nitro benzene ring substituents is 1. The zero-order valence-electron chi connectivity index (χ0n) is 7.31. The van der Waals surface area contributed by atoms with Gasteiger partial charge in [0.2, 0.25) is 0 Å². The molecule has 1 aromatic rings.